The third-order valence-corrected chi connectivity index (χ3v) is 3.85. The lowest BCUT2D eigenvalue weighted by molar-refractivity contribution is 0.995. The van der Waals surface area contributed by atoms with Gasteiger partial charge in [-0.05, 0) is 61.9 Å². The monoisotopic (exact) mass is 237 g/mol. The van der Waals surface area contributed by atoms with Gasteiger partial charge in [-0.15, -0.1) is 0 Å². The van der Waals surface area contributed by atoms with Crippen molar-refractivity contribution in [1.82, 2.24) is 4.98 Å². The Balaban J connectivity index is 1.95. The Kier molecular flexibility index (Phi) is 2.83. The fourth-order valence-corrected chi connectivity index (χ4v) is 2.65. The molecule has 1 heteroatoms. The number of hydrogen-bond donors (Lipinski definition) is 1. The SMILES string of the molecule is Cc1[nH]c2ccc(CC3=CCCC=C3)cc2c1C. The van der Waals surface area contributed by atoms with Gasteiger partial charge in [0.1, 0.15) is 0 Å². The number of hydrogen-bond acceptors (Lipinski definition) is 0. The summed E-state index contributed by atoms with van der Waals surface area (Å²) in [5, 5.41) is 1.37. The smallest absolute Gasteiger partial charge is 0.0458 e. The molecule has 1 aromatic heterocycles. The van der Waals surface area contributed by atoms with Crippen molar-refractivity contribution in [2.24, 2.45) is 0 Å². The highest BCUT2D eigenvalue weighted by Gasteiger charge is 2.06. The van der Waals surface area contributed by atoms with E-state index in [1.54, 1.807) is 0 Å². The molecular formula is C17H19N. The quantitative estimate of drug-likeness (QED) is 0.785. The van der Waals surface area contributed by atoms with E-state index < -0.39 is 0 Å². The van der Waals surface area contributed by atoms with Crippen LogP contribution in [0, 0.1) is 13.8 Å². The van der Waals surface area contributed by atoms with E-state index in [1.165, 1.54) is 46.1 Å². The lowest BCUT2D eigenvalue weighted by atomic mass is 9.98. The van der Waals surface area contributed by atoms with Gasteiger partial charge in [-0.2, -0.15) is 0 Å². The largest absolute Gasteiger partial charge is 0.358 e. The average molecular weight is 237 g/mol. The molecule has 0 unspecified atom stereocenters. The zero-order valence-corrected chi connectivity index (χ0v) is 11.1. The summed E-state index contributed by atoms with van der Waals surface area (Å²) >= 11 is 0. The maximum absolute atomic E-state index is 3.43. The highest BCUT2D eigenvalue weighted by molar-refractivity contribution is 5.85. The van der Waals surface area contributed by atoms with E-state index in [2.05, 4.69) is 55.3 Å². The zero-order chi connectivity index (χ0) is 12.5. The van der Waals surface area contributed by atoms with Crippen LogP contribution in [-0.4, -0.2) is 4.98 Å². The molecule has 1 aromatic carbocycles. The van der Waals surface area contributed by atoms with E-state index >= 15 is 0 Å². The Labute approximate surface area is 108 Å². The van der Waals surface area contributed by atoms with Crippen molar-refractivity contribution in [2.45, 2.75) is 33.1 Å². The molecule has 0 spiro atoms. The van der Waals surface area contributed by atoms with Crippen molar-refractivity contribution >= 4 is 10.9 Å². The number of benzene rings is 1. The summed E-state index contributed by atoms with van der Waals surface area (Å²) in [6.07, 6.45) is 10.3. The molecule has 0 aliphatic heterocycles. The summed E-state index contributed by atoms with van der Waals surface area (Å²) in [6.45, 7) is 4.33. The molecule has 2 aromatic rings. The molecule has 1 aliphatic rings. The number of nitrogens with one attached hydrogen (secondary N) is 1. The molecule has 0 saturated heterocycles. The van der Waals surface area contributed by atoms with Gasteiger partial charge in [0.2, 0.25) is 0 Å². The second kappa shape index (κ2) is 4.49. The van der Waals surface area contributed by atoms with Crippen molar-refractivity contribution in [3.63, 3.8) is 0 Å². The van der Waals surface area contributed by atoms with Crippen molar-refractivity contribution in [2.75, 3.05) is 0 Å². The first-order valence-electron chi connectivity index (χ1n) is 6.67. The van der Waals surface area contributed by atoms with Gasteiger partial charge in [0.15, 0.2) is 0 Å². The molecule has 0 bridgehead atoms. The Morgan fingerprint density at radius 3 is 2.83 bits per heavy atom. The second-order valence-corrected chi connectivity index (χ2v) is 5.19. The van der Waals surface area contributed by atoms with Crippen LogP contribution in [0.15, 0.2) is 42.0 Å². The molecule has 0 atom stereocenters. The number of aryl methyl sites for hydroxylation is 2. The molecule has 18 heavy (non-hydrogen) atoms. The van der Waals surface area contributed by atoms with Crippen molar-refractivity contribution in [3.8, 4) is 0 Å². The average Bonchev–Trinajstić information content (AvgIpc) is 2.67. The lowest BCUT2D eigenvalue weighted by Gasteiger charge is -2.07. The van der Waals surface area contributed by atoms with Gasteiger partial charge in [-0.1, -0.05) is 24.3 Å². The summed E-state index contributed by atoms with van der Waals surface area (Å²) in [6, 6.07) is 6.77. The first-order valence-corrected chi connectivity index (χ1v) is 6.67. The van der Waals surface area contributed by atoms with Crippen LogP contribution in [0.4, 0.5) is 0 Å². The van der Waals surface area contributed by atoms with E-state index in [-0.39, 0.29) is 0 Å². The Hall–Kier alpha value is -1.76. The van der Waals surface area contributed by atoms with Gasteiger partial charge in [-0.25, -0.2) is 0 Å². The normalized spacial score (nSPS) is 15.1. The molecule has 1 aliphatic carbocycles. The number of H-pyrrole nitrogens is 1. The van der Waals surface area contributed by atoms with Crippen LogP contribution in [0.1, 0.15) is 29.7 Å². The highest BCUT2D eigenvalue weighted by atomic mass is 14.7. The Morgan fingerprint density at radius 1 is 1.17 bits per heavy atom. The van der Waals surface area contributed by atoms with Gasteiger partial charge < -0.3 is 4.98 Å². The molecular weight excluding hydrogens is 218 g/mol. The first kappa shape index (κ1) is 11.3. The van der Waals surface area contributed by atoms with E-state index in [0.717, 1.165) is 6.42 Å². The van der Waals surface area contributed by atoms with E-state index in [4.69, 9.17) is 0 Å². The molecule has 1 heterocycles. The summed E-state index contributed by atoms with van der Waals surface area (Å²) in [5.74, 6) is 0. The van der Waals surface area contributed by atoms with Crippen LogP contribution in [0.3, 0.4) is 0 Å². The second-order valence-electron chi connectivity index (χ2n) is 5.19. The fraction of sp³-hybridized carbons (Fsp3) is 0.294. The number of allylic oxidation sites excluding steroid dienone is 4. The third-order valence-electron chi connectivity index (χ3n) is 3.85. The van der Waals surface area contributed by atoms with Crippen molar-refractivity contribution < 1.29 is 0 Å². The molecule has 0 radical (unpaired) electrons. The molecule has 0 fully saturated rings. The minimum atomic E-state index is 1.05. The maximum Gasteiger partial charge on any atom is 0.0458 e. The molecule has 1 nitrogen and oxygen atoms in total. The predicted molar refractivity (Wildman–Crippen MR) is 77.9 cm³/mol. The molecule has 0 amide bonds. The van der Waals surface area contributed by atoms with E-state index in [9.17, 15) is 0 Å². The van der Waals surface area contributed by atoms with Crippen LogP contribution >= 0.6 is 0 Å². The number of fused-ring (bicyclic) bond motifs is 1. The van der Waals surface area contributed by atoms with Crippen LogP contribution in [0.25, 0.3) is 10.9 Å². The lowest BCUT2D eigenvalue weighted by Crippen LogP contribution is -1.91. The van der Waals surface area contributed by atoms with Crippen LogP contribution < -0.4 is 0 Å². The summed E-state index contributed by atoms with van der Waals surface area (Å²) < 4.78 is 0. The number of aromatic amines is 1. The predicted octanol–water partition coefficient (Wildman–Crippen LogP) is 4.60. The molecule has 3 rings (SSSR count). The van der Waals surface area contributed by atoms with E-state index in [0.29, 0.717) is 0 Å². The Morgan fingerprint density at radius 2 is 2.06 bits per heavy atom. The van der Waals surface area contributed by atoms with Gasteiger partial charge >= 0.3 is 0 Å². The zero-order valence-electron chi connectivity index (χ0n) is 11.1. The third kappa shape index (κ3) is 2.01. The molecule has 1 N–H and O–H groups in total. The van der Waals surface area contributed by atoms with Crippen LogP contribution in [0.2, 0.25) is 0 Å². The molecule has 0 saturated carbocycles. The van der Waals surface area contributed by atoms with Crippen LogP contribution in [-0.2, 0) is 6.42 Å². The minimum absolute atomic E-state index is 1.05. The minimum Gasteiger partial charge on any atom is -0.358 e. The number of aromatic nitrogens is 1. The Bertz CT molecular complexity index is 641. The standard InChI is InChI=1S/C17H19N/c1-12-13(2)18-17-9-8-15(11-16(12)17)10-14-6-4-3-5-7-14/h4,6-9,11,18H,3,5,10H2,1-2H3. The van der Waals surface area contributed by atoms with Gasteiger partial charge in [0.25, 0.3) is 0 Å². The van der Waals surface area contributed by atoms with Gasteiger partial charge in [-0.3, -0.25) is 0 Å². The van der Waals surface area contributed by atoms with E-state index in [1.807, 2.05) is 0 Å². The topological polar surface area (TPSA) is 15.8 Å². The van der Waals surface area contributed by atoms with Crippen LogP contribution in [0.5, 0.6) is 0 Å². The summed E-state index contributed by atoms with van der Waals surface area (Å²) in [4.78, 5) is 3.43. The number of rotatable bonds is 2. The van der Waals surface area contributed by atoms with Gasteiger partial charge in [0.05, 0.1) is 0 Å². The molecule has 92 valence electrons. The summed E-state index contributed by atoms with van der Waals surface area (Å²) in [5.41, 5.74) is 6.76. The first-order chi connectivity index (χ1) is 8.74. The maximum atomic E-state index is 3.43. The summed E-state index contributed by atoms with van der Waals surface area (Å²) in [7, 11) is 0. The van der Waals surface area contributed by atoms with Crippen molar-refractivity contribution in [1.29, 1.82) is 0 Å². The fourth-order valence-electron chi connectivity index (χ4n) is 2.65. The highest BCUT2D eigenvalue weighted by Crippen LogP contribution is 2.24. The van der Waals surface area contributed by atoms with Gasteiger partial charge in [0, 0.05) is 16.6 Å². The van der Waals surface area contributed by atoms with Crippen molar-refractivity contribution in [3.05, 3.63) is 58.8 Å².